The molecule has 0 radical (unpaired) electrons. The molecule has 2 rings (SSSR count). The van der Waals surface area contributed by atoms with E-state index in [0.717, 1.165) is 31.5 Å². The number of rotatable bonds is 7. The van der Waals surface area contributed by atoms with Gasteiger partial charge in [-0.2, -0.15) is 0 Å². The van der Waals surface area contributed by atoms with Gasteiger partial charge in [-0.25, -0.2) is 4.39 Å². The van der Waals surface area contributed by atoms with Gasteiger partial charge in [0, 0.05) is 25.7 Å². The fourth-order valence-corrected chi connectivity index (χ4v) is 3.16. The lowest BCUT2D eigenvalue weighted by atomic mass is 10.0. The van der Waals surface area contributed by atoms with E-state index in [1.807, 2.05) is 18.9 Å². The number of hydrogen-bond donors (Lipinski definition) is 2. The van der Waals surface area contributed by atoms with Gasteiger partial charge in [-0.15, -0.1) is 12.4 Å². The third kappa shape index (κ3) is 6.55. The average Bonchev–Trinajstić information content (AvgIpc) is 2.60. The summed E-state index contributed by atoms with van der Waals surface area (Å²) in [6.45, 7) is 3.82. The second kappa shape index (κ2) is 10.4. The Labute approximate surface area is 159 Å². The first-order valence-corrected chi connectivity index (χ1v) is 8.55. The van der Waals surface area contributed by atoms with Crippen LogP contribution in [0.2, 0.25) is 0 Å². The molecule has 1 fully saturated rings. The Hall–Kier alpha value is -1.70. The molecule has 0 aliphatic carbocycles. The lowest BCUT2D eigenvalue weighted by Crippen LogP contribution is -2.51. The van der Waals surface area contributed by atoms with Gasteiger partial charge in [0.2, 0.25) is 5.91 Å². The summed E-state index contributed by atoms with van der Waals surface area (Å²) >= 11 is 0. The van der Waals surface area contributed by atoms with Crippen LogP contribution in [0.1, 0.15) is 25.3 Å². The van der Waals surface area contributed by atoms with Crippen molar-refractivity contribution in [2.75, 3.05) is 26.7 Å². The Bertz CT molecular complexity index is 592. The van der Waals surface area contributed by atoms with Gasteiger partial charge in [0.05, 0.1) is 12.6 Å². The topological polar surface area (TPSA) is 72.9 Å². The molecule has 0 spiro atoms. The van der Waals surface area contributed by atoms with E-state index in [1.54, 1.807) is 12.1 Å². The first kappa shape index (κ1) is 22.3. The molecule has 1 unspecified atom stereocenters. The first-order chi connectivity index (χ1) is 11.9. The number of carboxylic acids is 1. The van der Waals surface area contributed by atoms with Crippen LogP contribution in [0.25, 0.3) is 0 Å². The van der Waals surface area contributed by atoms with Crippen molar-refractivity contribution in [2.24, 2.45) is 0 Å². The third-order valence-corrected chi connectivity index (χ3v) is 4.81. The van der Waals surface area contributed by atoms with E-state index in [9.17, 15) is 14.0 Å². The van der Waals surface area contributed by atoms with Crippen molar-refractivity contribution in [3.05, 3.63) is 35.6 Å². The Morgan fingerprint density at radius 2 is 1.88 bits per heavy atom. The molecule has 8 heteroatoms. The van der Waals surface area contributed by atoms with E-state index in [-0.39, 0.29) is 42.8 Å². The summed E-state index contributed by atoms with van der Waals surface area (Å²) in [6.07, 6.45) is 1.69. The van der Waals surface area contributed by atoms with Crippen LogP contribution in [-0.4, -0.2) is 65.5 Å². The van der Waals surface area contributed by atoms with Gasteiger partial charge in [0.25, 0.3) is 0 Å². The van der Waals surface area contributed by atoms with Crippen LogP contribution in [0.4, 0.5) is 4.39 Å². The summed E-state index contributed by atoms with van der Waals surface area (Å²) in [7, 11) is 1.83. The van der Waals surface area contributed by atoms with E-state index >= 15 is 0 Å². The summed E-state index contributed by atoms with van der Waals surface area (Å²) in [4.78, 5) is 27.1. The molecular formula is C18H27ClFN3O3. The predicted molar refractivity (Wildman–Crippen MR) is 99.8 cm³/mol. The van der Waals surface area contributed by atoms with Gasteiger partial charge in [-0.05, 0) is 44.5 Å². The number of piperidine rings is 1. The highest BCUT2D eigenvalue weighted by atomic mass is 35.5. The summed E-state index contributed by atoms with van der Waals surface area (Å²) in [5, 5.41) is 11.8. The summed E-state index contributed by atoms with van der Waals surface area (Å²) < 4.78 is 12.9. The first-order valence-electron chi connectivity index (χ1n) is 8.55. The molecular weight excluding hydrogens is 361 g/mol. The Morgan fingerprint density at radius 1 is 1.31 bits per heavy atom. The quantitative estimate of drug-likeness (QED) is 0.745. The van der Waals surface area contributed by atoms with Crippen molar-refractivity contribution in [3.8, 4) is 0 Å². The molecule has 1 saturated heterocycles. The van der Waals surface area contributed by atoms with Gasteiger partial charge in [0.15, 0.2) is 0 Å². The molecule has 146 valence electrons. The van der Waals surface area contributed by atoms with Gasteiger partial charge >= 0.3 is 5.97 Å². The van der Waals surface area contributed by atoms with Crippen molar-refractivity contribution in [1.29, 1.82) is 0 Å². The fourth-order valence-electron chi connectivity index (χ4n) is 3.16. The van der Waals surface area contributed by atoms with Crippen LogP contribution in [0.5, 0.6) is 0 Å². The number of aliphatic carboxylic acids is 1. The number of halogens is 2. The second-order valence-electron chi connectivity index (χ2n) is 6.60. The summed E-state index contributed by atoms with van der Waals surface area (Å²) in [6, 6.07) is 6.06. The van der Waals surface area contributed by atoms with Crippen LogP contribution in [0, 0.1) is 5.82 Å². The van der Waals surface area contributed by atoms with Gasteiger partial charge in [0.1, 0.15) is 5.82 Å². The van der Waals surface area contributed by atoms with Crippen molar-refractivity contribution >= 4 is 24.3 Å². The standard InChI is InChI=1S/C18H26FN3O3.ClH/c1-13(18(25)20-11-14-3-5-15(19)6-4-14)22-9-7-16(8-10-22)21(2)12-17(23)24;/h3-6,13,16H,7-12H2,1-2H3,(H,20,25)(H,23,24);1H. The predicted octanol–water partition coefficient (Wildman–Crippen LogP) is 1.73. The molecule has 1 heterocycles. The molecule has 0 bridgehead atoms. The Balaban J connectivity index is 0.00000338. The van der Waals surface area contributed by atoms with Crippen LogP contribution in [0.15, 0.2) is 24.3 Å². The van der Waals surface area contributed by atoms with Gasteiger partial charge in [-0.1, -0.05) is 12.1 Å². The van der Waals surface area contributed by atoms with Crippen molar-refractivity contribution in [1.82, 2.24) is 15.1 Å². The Kier molecular flexibility index (Phi) is 8.98. The number of hydrogen-bond acceptors (Lipinski definition) is 4. The third-order valence-electron chi connectivity index (χ3n) is 4.81. The zero-order chi connectivity index (χ0) is 18.4. The largest absolute Gasteiger partial charge is 0.480 e. The molecule has 1 aromatic rings. The van der Waals surface area contributed by atoms with E-state index < -0.39 is 5.97 Å². The van der Waals surface area contributed by atoms with Gasteiger partial charge in [-0.3, -0.25) is 19.4 Å². The maximum atomic E-state index is 12.9. The minimum atomic E-state index is -0.821. The van der Waals surface area contributed by atoms with Crippen LogP contribution < -0.4 is 5.32 Å². The maximum absolute atomic E-state index is 12.9. The van der Waals surface area contributed by atoms with E-state index in [4.69, 9.17) is 5.11 Å². The van der Waals surface area contributed by atoms with Crippen LogP contribution in [0.3, 0.4) is 0 Å². The molecule has 0 aromatic heterocycles. The number of amides is 1. The second-order valence-corrected chi connectivity index (χ2v) is 6.60. The van der Waals surface area contributed by atoms with Crippen molar-refractivity contribution in [2.45, 2.75) is 38.4 Å². The highest BCUT2D eigenvalue weighted by molar-refractivity contribution is 5.85. The van der Waals surface area contributed by atoms with Crippen molar-refractivity contribution < 1.29 is 19.1 Å². The van der Waals surface area contributed by atoms with Crippen molar-refractivity contribution in [3.63, 3.8) is 0 Å². The summed E-state index contributed by atoms with van der Waals surface area (Å²) in [5.41, 5.74) is 0.857. The minimum Gasteiger partial charge on any atom is -0.480 e. The highest BCUT2D eigenvalue weighted by Gasteiger charge is 2.28. The Morgan fingerprint density at radius 3 is 2.42 bits per heavy atom. The highest BCUT2D eigenvalue weighted by Crippen LogP contribution is 2.17. The molecule has 6 nitrogen and oxygen atoms in total. The number of likely N-dealkylation sites (N-methyl/N-ethyl adjacent to an activating group) is 1. The molecule has 1 aromatic carbocycles. The number of carbonyl (C=O) groups excluding carboxylic acids is 1. The normalized spacial score (nSPS) is 16.8. The zero-order valence-electron chi connectivity index (χ0n) is 15.2. The summed E-state index contributed by atoms with van der Waals surface area (Å²) in [5.74, 6) is -1.17. The van der Waals surface area contributed by atoms with Crippen LogP contribution >= 0.6 is 12.4 Å². The molecule has 1 aliphatic heterocycles. The smallest absolute Gasteiger partial charge is 0.317 e. The lowest BCUT2D eigenvalue weighted by Gasteiger charge is -2.38. The molecule has 2 N–H and O–H groups in total. The maximum Gasteiger partial charge on any atom is 0.317 e. The number of carboxylic acid groups (broad SMARTS) is 1. The number of likely N-dealkylation sites (tertiary alicyclic amines) is 1. The van der Waals surface area contributed by atoms with Crippen LogP contribution in [-0.2, 0) is 16.1 Å². The molecule has 1 aliphatic rings. The number of carbonyl (C=O) groups is 2. The van der Waals surface area contributed by atoms with Gasteiger partial charge < -0.3 is 10.4 Å². The molecule has 0 saturated carbocycles. The molecule has 1 atom stereocenters. The SMILES string of the molecule is CC(C(=O)NCc1ccc(F)cc1)N1CCC(N(C)CC(=O)O)CC1.Cl. The molecule has 26 heavy (non-hydrogen) atoms. The fraction of sp³-hybridized carbons (Fsp3) is 0.556. The monoisotopic (exact) mass is 387 g/mol. The minimum absolute atomic E-state index is 0. The number of nitrogens with one attached hydrogen (secondary N) is 1. The zero-order valence-corrected chi connectivity index (χ0v) is 16.0. The molecule has 1 amide bonds. The van der Waals surface area contributed by atoms with E-state index in [0.29, 0.717) is 6.54 Å². The van der Waals surface area contributed by atoms with E-state index in [1.165, 1.54) is 12.1 Å². The lowest BCUT2D eigenvalue weighted by molar-refractivity contribution is -0.138. The average molecular weight is 388 g/mol. The number of benzene rings is 1. The van der Waals surface area contributed by atoms with E-state index in [2.05, 4.69) is 10.2 Å². The number of nitrogens with zero attached hydrogens (tertiary/aromatic N) is 2.